The molecular formula is C13H18Cl2N2O2. The van der Waals surface area contributed by atoms with E-state index in [9.17, 15) is 9.90 Å². The van der Waals surface area contributed by atoms with E-state index in [0.29, 0.717) is 17.1 Å². The van der Waals surface area contributed by atoms with E-state index in [1.165, 1.54) is 0 Å². The molecule has 0 saturated carbocycles. The molecule has 0 aromatic heterocycles. The van der Waals surface area contributed by atoms with E-state index < -0.39 is 6.10 Å². The number of benzene rings is 1. The van der Waals surface area contributed by atoms with Gasteiger partial charge in [-0.2, -0.15) is 0 Å². The molecule has 1 unspecified atom stereocenters. The SMILES string of the molecule is CC(C)NC(=O)c1ccc(NCC(O)CCl)cc1Cl. The van der Waals surface area contributed by atoms with Gasteiger partial charge in [0.15, 0.2) is 0 Å². The Morgan fingerprint density at radius 2 is 2.11 bits per heavy atom. The highest BCUT2D eigenvalue weighted by atomic mass is 35.5. The second-order valence-electron chi connectivity index (χ2n) is 4.51. The zero-order valence-electron chi connectivity index (χ0n) is 10.9. The second-order valence-corrected chi connectivity index (χ2v) is 5.23. The zero-order valence-corrected chi connectivity index (χ0v) is 12.4. The van der Waals surface area contributed by atoms with Crippen LogP contribution in [0.3, 0.4) is 0 Å². The van der Waals surface area contributed by atoms with Crippen LogP contribution in [-0.2, 0) is 0 Å². The molecule has 1 aromatic rings. The Morgan fingerprint density at radius 3 is 2.63 bits per heavy atom. The van der Waals surface area contributed by atoms with Gasteiger partial charge in [0, 0.05) is 18.3 Å². The Morgan fingerprint density at radius 1 is 1.42 bits per heavy atom. The summed E-state index contributed by atoms with van der Waals surface area (Å²) in [6.45, 7) is 4.10. The summed E-state index contributed by atoms with van der Waals surface area (Å²) in [5.41, 5.74) is 1.16. The fraction of sp³-hybridized carbons (Fsp3) is 0.462. The van der Waals surface area contributed by atoms with E-state index in [2.05, 4.69) is 10.6 Å². The zero-order chi connectivity index (χ0) is 14.4. The molecule has 0 saturated heterocycles. The molecular weight excluding hydrogens is 287 g/mol. The number of alkyl halides is 1. The standard InChI is InChI=1S/C13H18Cl2N2O2/c1-8(2)17-13(19)11-4-3-9(5-12(11)15)16-7-10(18)6-14/h3-5,8,10,16,18H,6-7H2,1-2H3,(H,17,19). The number of amides is 1. The van der Waals surface area contributed by atoms with Crippen molar-refractivity contribution >= 4 is 34.8 Å². The van der Waals surface area contributed by atoms with Crippen molar-refractivity contribution in [3.05, 3.63) is 28.8 Å². The third-order valence-electron chi connectivity index (χ3n) is 2.35. The van der Waals surface area contributed by atoms with E-state index in [1.54, 1.807) is 18.2 Å². The highest BCUT2D eigenvalue weighted by Crippen LogP contribution is 2.21. The van der Waals surface area contributed by atoms with Gasteiger partial charge in [-0.25, -0.2) is 0 Å². The normalized spacial score (nSPS) is 12.3. The molecule has 4 nitrogen and oxygen atoms in total. The molecule has 0 heterocycles. The first kappa shape index (κ1) is 16.1. The van der Waals surface area contributed by atoms with E-state index in [-0.39, 0.29) is 17.8 Å². The van der Waals surface area contributed by atoms with Crippen LogP contribution in [0, 0.1) is 0 Å². The molecule has 1 aromatic carbocycles. The van der Waals surface area contributed by atoms with Crippen LogP contribution in [0.1, 0.15) is 24.2 Å². The number of carbonyl (C=O) groups is 1. The molecule has 0 radical (unpaired) electrons. The number of hydrogen-bond acceptors (Lipinski definition) is 3. The van der Waals surface area contributed by atoms with Crippen LogP contribution in [0.15, 0.2) is 18.2 Å². The predicted molar refractivity (Wildman–Crippen MR) is 79.3 cm³/mol. The molecule has 3 N–H and O–H groups in total. The molecule has 0 spiro atoms. The molecule has 106 valence electrons. The third kappa shape index (κ3) is 5.27. The van der Waals surface area contributed by atoms with Crippen LogP contribution in [0.5, 0.6) is 0 Å². The largest absolute Gasteiger partial charge is 0.390 e. The lowest BCUT2D eigenvalue weighted by molar-refractivity contribution is 0.0943. The first-order valence-corrected chi connectivity index (χ1v) is 6.93. The summed E-state index contributed by atoms with van der Waals surface area (Å²) in [5, 5.41) is 15.5. The van der Waals surface area contributed by atoms with Crippen LogP contribution >= 0.6 is 23.2 Å². The smallest absolute Gasteiger partial charge is 0.252 e. The highest BCUT2D eigenvalue weighted by molar-refractivity contribution is 6.34. The molecule has 0 aliphatic rings. The minimum Gasteiger partial charge on any atom is -0.390 e. The molecule has 0 bridgehead atoms. The third-order valence-corrected chi connectivity index (χ3v) is 3.02. The van der Waals surface area contributed by atoms with Crippen molar-refractivity contribution < 1.29 is 9.90 Å². The molecule has 6 heteroatoms. The van der Waals surface area contributed by atoms with Crippen LogP contribution in [0.4, 0.5) is 5.69 Å². The number of halogens is 2. The Kier molecular flexibility index (Phi) is 6.42. The summed E-state index contributed by atoms with van der Waals surface area (Å²) >= 11 is 11.6. The summed E-state index contributed by atoms with van der Waals surface area (Å²) in [7, 11) is 0. The van der Waals surface area contributed by atoms with Crippen LogP contribution in [0.25, 0.3) is 0 Å². The fourth-order valence-electron chi connectivity index (χ4n) is 1.44. The predicted octanol–water partition coefficient (Wildman–Crippen LogP) is 2.49. The maximum Gasteiger partial charge on any atom is 0.252 e. The van der Waals surface area contributed by atoms with Gasteiger partial charge in [-0.1, -0.05) is 11.6 Å². The van der Waals surface area contributed by atoms with Crippen LogP contribution in [-0.4, -0.2) is 35.6 Å². The van der Waals surface area contributed by atoms with E-state index in [1.807, 2.05) is 13.8 Å². The summed E-state index contributed by atoms with van der Waals surface area (Å²) in [4.78, 5) is 11.8. The average molecular weight is 305 g/mol. The van der Waals surface area contributed by atoms with Gasteiger partial charge in [0.05, 0.1) is 22.6 Å². The minimum absolute atomic E-state index is 0.0558. The van der Waals surface area contributed by atoms with Gasteiger partial charge in [-0.3, -0.25) is 4.79 Å². The monoisotopic (exact) mass is 304 g/mol. The number of aliphatic hydroxyl groups is 1. The molecule has 1 amide bonds. The summed E-state index contributed by atoms with van der Waals surface area (Å²) in [6.07, 6.45) is -0.621. The van der Waals surface area contributed by atoms with E-state index in [0.717, 1.165) is 5.69 Å². The Bertz CT molecular complexity index is 439. The van der Waals surface area contributed by atoms with Gasteiger partial charge in [0.2, 0.25) is 0 Å². The number of rotatable bonds is 6. The number of anilines is 1. The lowest BCUT2D eigenvalue weighted by Crippen LogP contribution is -2.30. The van der Waals surface area contributed by atoms with Gasteiger partial charge in [0.25, 0.3) is 5.91 Å². The maximum atomic E-state index is 11.8. The second kappa shape index (κ2) is 7.58. The quantitative estimate of drug-likeness (QED) is 0.708. The van der Waals surface area contributed by atoms with Gasteiger partial charge in [-0.15, -0.1) is 11.6 Å². The lowest BCUT2D eigenvalue weighted by Gasteiger charge is -2.13. The number of hydrogen-bond donors (Lipinski definition) is 3. The average Bonchev–Trinajstić information content (AvgIpc) is 2.34. The molecule has 0 fully saturated rings. The Labute approximate surface area is 123 Å². The van der Waals surface area contributed by atoms with E-state index >= 15 is 0 Å². The minimum atomic E-state index is -0.621. The Hall–Kier alpha value is -0.970. The maximum absolute atomic E-state index is 11.8. The van der Waals surface area contributed by atoms with Crippen molar-refractivity contribution in [1.82, 2.24) is 5.32 Å². The van der Waals surface area contributed by atoms with Crippen molar-refractivity contribution in [2.45, 2.75) is 26.0 Å². The van der Waals surface area contributed by atoms with Gasteiger partial charge in [-0.05, 0) is 32.0 Å². The number of aliphatic hydroxyl groups excluding tert-OH is 1. The summed E-state index contributed by atoms with van der Waals surface area (Å²) in [6, 6.07) is 5.09. The van der Waals surface area contributed by atoms with Gasteiger partial charge in [0.1, 0.15) is 0 Å². The number of carbonyl (C=O) groups excluding carboxylic acids is 1. The molecule has 0 aliphatic heterocycles. The first-order chi connectivity index (χ1) is 8.93. The van der Waals surface area contributed by atoms with Crippen molar-refractivity contribution in [3.63, 3.8) is 0 Å². The molecule has 19 heavy (non-hydrogen) atoms. The lowest BCUT2D eigenvalue weighted by atomic mass is 10.1. The van der Waals surface area contributed by atoms with Gasteiger partial charge < -0.3 is 15.7 Å². The fourth-order valence-corrected chi connectivity index (χ4v) is 1.81. The van der Waals surface area contributed by atoms with Crippen LogP contribution in [0.2, 0.25) is 5.02 Å². The van der Waals surface area contributed by atoms with Crippen molar-refractivity contribution in [2.24, 2.45) is 0 Å². The summed E-state index contributed by atoms with van der Waals surface area (Å²) in [5.74, 6) is -0.0392. The first-order valence-electron chi connectivity index (χ1n) is 6.02. The van der Waals surface area contributed by atoms with Crippen molar-refractivity contribution in [1.29, 1.82) is 0 Å². The van der Waals surface area contributed by atoms with Crippen LogP contribution < -0.4 is 10.6 Å². The number of nitrogens with one attached hydrogen (secondary N) is 2. The van der Waals surface area contributed by atoms with Crippen molar-refractivity contribution in [3.8, 4) is 0 Å². The Balaban J connectivity index is 2.71. The highest BCUT2D eigenvalue weighted by Gasteiger charge is 2.12. The molecule has 1 rings (SSSR count). The topological polar surface area (TPSA) is 61.4 Å². The summed E-state index contributed by atoms with van der Waals surface area (Å²) < 4.78 is 0. The molecule has 1 atom stereocenters. The van der Waals surface area contributed by atoms with E-state index in [4.69, 9.17) is 23.2 Å². The van der Waals surface area contributed by atoms with Crippen molar-refractivity contribution in [2.75, 3.05) is 17.7 Å². The molecule has 0 aliphatic carbocycles. The van der Waals surface area contributed by atoms with Gasteiger partial charge >= 0.3 is 0 Å².